The van der Waals surface area contributed by atoms with E-state index in [9.17, 15) is 4.79 Å². The van der Waals surface area contributed by atoms with Crippen LogP contribution in [-0.4, -0.2) is 36.0 Å². The van der Waals surface area contributed by atoms with Crippen molar-refractivity contribution in [3.63, 3.8) is 0 Å². The van der Waals surface area contributed by atoms with Crippen molar-refractivity contribution >= 4 is 5.97 Å². The quantitative estimate of drug-likeness (QED) is 0.811. The molecule has 0 aromatic rings. The molecule has 4 nitrogen and oxygen atoms in total. The lowest BCUT2D eigenvalue weighted by Gasteiger charge is -2.58. The van der Waals surface area contributed by atoms with Gasteiger partial charge in [0.05, 0.1) is 17.8 Å². The molecule has 0 radical (unpaired) electrons. The lowest BCUT2D eigenvalue weighted by molar-refractivity contribution is -0.184. The maximum atomic E-state index is 11.1. The van der Waals surface area contributed by atoms with E-state index in [1.807, 2.05) is 0 Å². The van der Waals surface area contributed by atoms with Crippen LogP contribution in [0.25, 0.3) is 0 Å². The van der Waals surface area contributed by atoms with Crippen molar-refractivity contribution in [2.75, 3.05) is 7.11 Å². The lowest BCUT2D eigenvalue weighted by Crippen LogP contribution is -2.58. The minimum Gasteiger partial charge on any atom is -0.481 e. The number of carbonyl (C=O) groups is 1. The number of carboxylic acids is 1. The molecule has 3 aliphatic carbocycles. The molecule has 2 saturated heterocycles. The highest BCUT2D eigenvalue weighted by atomic mass is 16.5. The summed E-state index contributed by atoms with van der Waals surface area (Å²) in [5.41, 5.74) is 0.0746. The Balaban J connectivity index is 1.75. The summed E-state index contributed by atoms with van der Waals surface area (Å²) in [6.45, 7) is 4.49. The largest absolute Gasteiger partial charge is 0.481 e. The summed E-state index contributed by atoms with van der Waals surface area (Å²) in [6.07, 6.45) is 9.10. The van der Waals surface area contributed by atoms with E-state index in [0.29, 0.717) is 18.3 Å². The second kappa shape index (κ2) is 4.35. The molecule has 0 amide bonds. The van der Waals surface area contributed by atoms with Gasteiger partial charge in [0.15, 0.2) is 0 Å². The first kappa shape index (κ1) is 14.7. The van der Waals surface area contributed by atoms with E-state index >= 15 is 0 Å². The number of rotatable bonds is 4. The summed E-state index contributed by atoms with van der Waals surface area (Å²) >= 11 is 0. The molecule has 22 heavy (non-hydrogen) atoms. The Morgan fingerprint density at radius 3 is 2.86 bits per heavy atom. The molecule has 1 N–H and O–H groups in total. The van der Waals surface area contributed by atoms with Gasteiger partial charge in [-0.2, -0.15) is 0 Å². The molecule has 4 bridgehead atoms. The molecule has 0 aromatic carbocycles. The average Bonchev–Trinajstić information content (AvgIpc) is 2.79. The number of allylic oxidation sites excluding steroid dienone is 1. The Kier molecular flexibility index (Phi) is 2.91. The van der Waals surface area contributed by atoms with Crippen LogP contribution < -0.4 is 0 Å². The van der Waals surface area contributed by atoms with Gasteiger partial charge in [-0.25, -0.2) is 0 Å². The van der Waals surface area contributed by atoms with Crippen LogP contribution in [0.1, 0.15) is 46.0 Å². The number of carboxylic acid groups (broad SMARTS) is 1. The fraction of sp³-hybridized carbons (Fsp3) is 0.833. The second-order valence-corrected chi connectivity index (χ2v) is 8.41. The average molecular weight is 306 g/mol. The van der Waals surface area contributed by atoms with Crippen molar-refractivity contribution in [2.45, 2.75) is 63.8 Å². The van der Waals surface area contributed by atoms with Gasteiger partial charge in [0.1, 0.15) is 0 Å². The number of aliphatic carboxylic acids is 1. The van der Waals surface area contributed by atoms with Crippen molar-refractivity contribution < 1.29 is 19.4 Å². The Morgan fingerprint density at radius 2 is 2.23 bits per heavy atom. The number of ether oxygens (including phenoxy) is 2. The first-order valence-electron chi connectivity index (χ1n) is 8.45. The highest BCUT2D eigenvalue weighted by molar-refractivity contribution is 5.66. The van der Waals surface area contributed by atoms with Gasteiger partial charge in [0.25, 0.3) is 0 Å². The third-order valence-corrected chi connectivity index (χ3v) is 7.19. The molecule has 2 saturated carbocycles. The molecule has 4 fully saturated rings. The van der Waals surface area contributed by atoms with E-state index < -0.39 is 5.97 Å². The maximum absolute atomic E-state index is 11.1. The molecule has 4 heteroatoms. The lowest BCUT2D eigenvalue weighted by atomic mass is 9.50. The fourth-order valence-electron chi connectivity index (χ4n) is 6.51. The summed E-state index contributed by atoms with van der Waals surface area (Å²) < 4.78 is 12.2. The van der Waals surface area contributed by atoms with E-state index in [1.165, 1.54) is 6.42 Å². The minimum absolute atomic E-state index is 0.0184. The van der Waals surface area contributed by atoms with Crippen LogP contribution in [0.3, 0.4) is 0 Å². The molecule has 122 valence electrons. The summed E-state index contributed by atoms with van der Waals surface area (Å²) in [5.74, 6) is 0.321. The van der Waals surface area contributed by atoms with E-state index in [4.69, 9.17) is 14.6 Å². The summed E-state index contributed by atoms with van der Waals surface area (Å²) in [4.78, 5) is 11.1. The minimum atomic E-state index is -0.723. The van der Waals surface area contributed by atoms with Crippen LogP contribution >= 0.6 is 0 Å². The van der Waals surface area contributed by atoms with Crippen molar-refractivity contribution in [1.29, 1.82) is 0 Å². The Morgan fingerprint density at radius 1 is 1.45 bits per heavy atom. The SMILES string of the molecule is CO[C@@H]1C=C[C@]23C[C@H]4C[C@H](O[C@@]4(C)C2)C3[C@]1(C)CCC(=O)O. The van der Waals surface area contributed by atoms with E-state index in [1.54, 1.807) is 7.11 Å². The van der Waals surface area contributed by atoms with Crippen molar-refractivity contribution in [3.8, 4) is 0 Å². The van der Waals surface area contributed by atoms with Gasteiger partial charge in [-0.15, -0.1) is 0 Å². The van der Waals surface area contributed by atoms with Gasteiger partial charge in [-0.3, -0.25) is 4.79 Å². The van der Waals surface area contributed by atoms with Gasteiger partial charge in [-0.05, 0) is 43.9 Å². The highest BCUT2D eigenvalue weighted by Crippen LogP contribution is 2.72. The molecule has 7 atom stereocenters. The van der Waals surface area contributed by atoms with E-state index in [-0.39, 0.29) is 35.1 Å². The molecule has 2 aliphatic heterocycles. The number of hydrogen-bond donors (Lipinski definition) is 1. The standard InChI is InChI=1S/C18H26O4/c1-16(6-5-14(19)20)13(21-3)4-7-18-9-11-8-12(15(16)18)22-17(11,2)10-18/h4,7,11-13,15H,5-6,8-10H2,1-3H3,(H,19,20)/t11-,12+,13-,15?,16-,17+,18+/m1/s1. The number of methoxy groups -OCH3 is 1. The van der Waals surface area contributed by atoms with Gasteiger partial charge >= 0.3 is 5.97 Å². The predicted octanol–water partition coefficient (Wildman–Crippen LogP) is 3.02. The molecule has 0 aromatic heterocycles. The van der Waals surface area contributed by atoms with Crippen molar-refractivity contribution in [3.05, 3.63) is 12.2 Å². The van der Waals surface area contributed by atoms with Gasteiger partial charge in [0, 0.05) is 24.9 Å². The molecule has 2 heterocycles. The van der Waals surface area contributed by atoms with Gasteiger partial charge in [0.2, 0.25) is 0 Å². The highest BCUT2D eigenvalue weighted by Gasteiger charge is 2.71. The monoisotopic (exact) mass is 306 g/mol. The van der Waals surface area contributed by atoms with Crippen molar-refractivity contribution in [2.24, 2.45) is 22.7 Å². The van der Waals surface area contributed by atoms with Crippen LogP contribution in [0.2, 0.25) is 0 Å². The Labute approximate surface area is 131 Å². The zero-order chi connectivity index (χ0) is 15.8. The molecular weight excluding hydrogens is 280 g/mol. The third-order valence-electron chi connectivity index (χ3n) is 7.19. The summed E-state index contributed by atoms with van der Waals surface area (Å²) in [7, 11) is 1.73. The number of hydrogen-bond acceptors (Lipinski definition) is 3. The summed E-state index contributed by atoms with van der Waals surface area (Å²) in [6, 6.07) is 0. The second-order valence-electron chi connectivity index (χ2n) is 8.41. The van der Waals surface area contributed by atoms with Gasteiger partial charge in [-0.1, -0.05) is 19.1 Å². The topological polar surface area (TPSA) is 55.8 Å². The van der Waals surface area contributed by atoms with Crippen LogP contribution in [-0.2, 0) is 14.3 Å². The smallest absolute Gasteiger partial charge is 0.303 e. The maximum Gasteiger partial charge on any atom is 0.303 e. The third kappa shape index (κ3) is 1.68. The van der Waals surface area contributed by atoms with Crippen LogP contribution in [0.15, 0.2) is 12.2 Å². The zero-order valence-electron chi connectivity index (χ0n) is 13.7. The molecule has 1 spiro atoms. The van der Waals surface area contributed by atoms with E-state index in [0.717, 1.165) is 12.8 Å². The molecule has 5 rings (SSSR count). The first-order chi connectivity index (χ1) is 10.3. The molecular formula is C18H26O4. The van der Waals surface area contributed by atoms with E-state index in [2.05, 4.69) is 26.0 Å². The Bertz CT molecular complexity index is 543. The predicted molar refractivity (Wildman–Crippen MR) is 81.5 cm³/mol. The van der Waals surface area contributed by atoms with Crippen LogP contribution in [0.5, 0.6) is 0 Å². The normalized spacial score (nSPS) is 54.7. The van der Waals surface area contributed by atoms with Crippen LogP contribution in [0.4, 0.5) is 0 Å². The fourth-order valence-corrected chi connectivity index (χ4v) is 6.51. The van der Waals surface area contributed by atoms with Gasteiger partial charge < -0.3 is 14.6 Å². The van der Waals surface area contributed by atoms with Crippen LogP contribution in [0, 0.1) is 22.7 Å². The molecule has 1 unspecified atom stereocenters. The first-order valence-corrected chi connectivity index (χ1v) is 8.45. The Hall–Kier alpha value is -0.870. The van der Waals surface area contributed by atoms with Crippen molar-refractivity contribution in [1.82, 2.24) is 0 Å². The summed E-state index contributed by atoms with van der Waals surface area (Å²) in [5, 5.41) is 9.17. The zero-order valence-corrected chi connectivity index (χ0v) is 13.7. The molecule has 5 aliphatic rings.